The van der Waals surface area contributed by atoms with Gasteiger partial charge in [-0.3, -0.25) is 14.6 Å². The Balaban J connectivity index is 2.17. The Bertz CT molecular complexity index is 1200. The van der Waals surface area contributed by atoms with E-state index in [4.69, 9.17) is 9.47 Å². The van der Waals surface area contributed by atoms with Gasteiger partial charge in [-0.25, -0.2) is 8.42 Å². The second-order valence-electron chi connectivity index (χ2n) is 7.60. The number of esters is 2. The van der Waals surface area contributed by atoms with Crippen molar-refractivity contribution in [3.63, 3.8) is 0 Å². The summed E-state index contributed by atoms with van der Waals surface area (Å²) in [6.45, 7) is 0. The third-order valence-electron chi connectivity index (χ3n) is 5.50. The number of methoxy groups -OCH3 is 2. The van der Waals surface area contributed by atoms with Crippen molar-refractivity contribution >= 4 is 32.9 Å². The van der Waals surface area contributed by atoms with Crippen molar-refractivity contribution < 1.29 is 40.7 Å². The molecule has 33 heavy (non-hydrogen) atoms. The van der Waals surface area contributed by atoms with Crippen LogP contribution in [0.2, 0.25) is 0 Å². The van der Waals surface area contributed by atoms with E-state index < -0.39 is 38.9 Å². The van der Waals surface area contributed by atoms with Gasteiger partial charge in [-0.15, -0.1) is 0 Å². The molecule has 0 amide bonds. The summed E-state index contributed by atoms with van der Waals surface area (Å²) >= 11 is 0. The molecule has 0 bridgehead atoms. The number of pyridine rings is 1. The van der Waals surface area contributed by atoms with Gasteiger partial charge in [0, 0.05) is 25.3 Å². The summed E-state index contributed by atoms with van der Waals surface area (Å²) in [7, 11) is -1.24. The number of hydrogen-bond acceptors (Lipinski definition) is 7. The van der Waals surface area contributed by atoms with Crippen LogP contribution in [-0.2, 0) is 35.1 Å². The van der Waals surface area contributed by atoms with E-state index in [-0.39, 0.29) is 23.4 Å². The summed E-state index contributed by atoms with van der Waals surface area (Å²) in [4.78, 5) is 29.3. The molecule has 0 radical (unpaired) electrons. The maximum atomic E-state index is 13.0. The van der Waals surface area contributed by atoms with Gasteiger partial charge in [-0.2, -0.15) is 13.2 Å². The second kappa shape index (κ2) is 8.62. The fourth-order valence-electron chi connectivity index (χ4n) is 3.81. The minimum absolute atomic E-state index is 0.0613. The van der Waals surface area contributed by atoms with Gasteiger partial charge in [0.15, 0.2) is 15.3 Å². The smallest absolute Gasteiger partial charge is 0.417 e. The molecule has 0 fully saturated rings. The average molecular weight is 483 g/mol. The molecule has 1 heterocycles. The van der Waals surface area contributed by atoms with Gasteiger partial charge in [0.1, 0.15) is 0 Å². The monoisotopic (exact) mass is 483 g/mol. The van der Waals surface area contributed by atoms with Crippen molar-refractivity contribution in [2.45, 2.75) is 23.9 Å². The third-order valence-corrected chi connectivity index (χ3v) is 6.63. The molecule has 1 aromatic carbocycles. The predicted octanol–water partition coefficient (Wildman–Crippen LogP) is 3.54. The Kier molecular flexibility index (Phi) is 6.38. The molecular weight excluding hydrogens is 463 g/mol. The molecule has 11 heteroatoms. The highest BCUT2D eigenvalue weighted by atomic mass is 32.2. The van der Waals surface area contributed by atoms with Gasteiger partial charge >= 0.3 is 18.1 Å². The number of nitrogens with zero attached hydrogens (tertiary/aromatic N) is 1. The predicted molar refractivity (Wildman–Crippen MR) is 111 cm³/mol. The van der Waals surface area contributed by atoms with Crippen molar-refractivity contribution in [3.05, 3.63) is 59.4 Å². The van der Waals surface area contributed by atoms with Crippen molar-refractivity contribution in [1.29, 1.82) is 0 Å². The zero-order valence-electron chi connectivity index (χ0n) is 17.9. The molecule has 7 nitrogen and oxygen atoms in total. The van der Waals surface area contributed by atoms with Crippen molar-refractivity contribution in [3.8, 4) is 0 Å². The number of ether oxygens (including phenoxy) is 2. The van der Waals surface area contributed by atoms with Crippen LogP contribution in [0.1, 0.15) is 29.7 Å². The summed E-state index contributed by atoms with van der Waals surface area (Å²) in [5, 5.41) is 0. The Morgan fingerprint density at radius 2 is 1.48 bits per heavy atom. The quantitative estimate of drug-likeness (QED) is 0.474. The number of allylic oxidation sites excluding steroid dienone is 2. The van der Waals surface area contributed by atoms with Gasteiger partial charge in [-0.05, 0) is 41.0 Å². The van der Waals surface area contributed by atoms with E-state index in [0.29, 0.717) is 22.9 Å². The topological polar surface area (TPSA) is 99.6 Å². The van der Waals surface area contributed by atoms with Crippen molar-refractivity contribution in [2.75, 3.05) is 20.5 Å². The van der Waals surface area contributed by atoms with Crippen LogP contribution in [0.25, 0.3) is 11.1 Å². The molecule has 1 aromatic heterocycles. The van der Waals surface area contributed by atoms with Gasteiger partial charge in [0.05, 0.1) is 30.4 Å². The standard InChI is InChI=1S/C22H20F3NO6S/c1-31-19(27)21(20(28)32-2)10-16(13-4-7-15(8-5-13)33(3,29)30)17(11-21)18-9-6-14(12-26-18)22(23,24)25/h4-9,12H,10-11H2,1-3H3. The van der Waals surface area contributed by atoms with E-state index in [1.807, 2.05) is 0 Å². The molecule has 2 aromatic rings. The highest BCUT2D eigenvalue weighted by molar-refractivity contribution is 7.90. The molecule has 1 aliphatic carbocycles. The number of hydrogen-bond donors (Lipinski definition) is 0. The second-order valence-corrected chi connectivity index (χ2v) is 9.62. The van der Waals surface area contributed by atoms with Gasteiger partial charge in [0.2, 0.25) is 0 Å². The normalized spacial score (nSPS) is 15.9. The number of aromatic nitrogens is 1. The summed E-state index contributed by atoms with van der Waals surface area (Å²) in [6.07, 6.45) is -3.24. The van der Waals surface area contributed by atoms with Crippen LogP contribution in [0, 0.1) is 5.41 Å². The maximum absolute atomic E-state index is 13.0. The molecule has 1 aliphatic rings. The number of carbonyl (C=O) groups is 2. The number of alkyl halides is 3. The Morgan fingerprint density at radius 3 is 1.91 bits per heavy atom. The Morgan fingerprint density at radius 1 is 0.939 bits per heavy atom. The molecule has 0 atom stereocenters. The SMILES string of the molecule is COC(=O)C1(C(=O)OC)CC(c2ccc(S(C)(=O)=O)cc2)=C(c2ccc(C(F)(F)F)cn2)C1. The number of halogens is 3. The van der Waals surface area contributed by atoms with E-state index in [9.17, 15) is 31.2 Å². The first-order valence-electron chi connectivity index (χ1n) is 9.56. The van der Waals surface area contributed by atoms with Crippen molar-refractivity contribution in [2.24, 2.45) is 5.41 Å². The first-order valence-corrected chi connectivity index (χ1v) is 11.5. The molecule has 0 N–H and O–H groups in total. The number of carbonyl (C=O) groups excluding carboxylic acids is 2. The molecule has 0 spiro atoms. The maximum Gasteiger partial charge on any atom is 0.417 e. The van der Waals surface area contributed by atoms with Crippen LogP contribution in [0.4, 0.5) is 13.2 Å². The van der Waals surface area contributed by atoms with Gasteiger partial charge in [0.25, 0.3) is 0 Å². The Hall–Kier alpha value is -3.21. The van der Waals surface area contributed by atoms with Crippen LogP contribution >= 0.6 is 0 Å². The fraction of sp³-hybridized carbons (Fsp3) is 0.318. The zero-order chi connectivity index (χ0) is 24.6. The summed E-state index contributed by atoms with van der Waals surface area (Å²) in [5.41, 5.74) is -1.29. The van der Waals surface area contributed by atoms with Gasteiger partial charge < -0.3 is 9.47 Å². The molecular formula is C22H20F3NO6S. The lowest BCUT2D eigenvalue weighted by molar-refractivity contribution is -0.168. The summed E-state index contributed by atoms with van der Waals surface area (Å²) in [6, 6.07) is 7.75. The first kappa shape index (κ1) is 24.4. The minimum atomic E-state index is -4.58. The van der Waals surface area contributed by atoms with Gasteiger partial charge in [-0.1, -0.05) is 12.1 Å². The minimum Gasteiger partial charge on any atom is -0.468 e. The van der Waals surface area contributed by atoms with E-state index in [1.54, 1.807) is 0 Å². The van der Waals surface area contributed by atoms with Crippen LogP contribution < -0.4 is 0 Å². The molecule has 3 rings (SSSR count). The molecule has 0 saturated carbocycles. The lowest BCUT2D eigenvalue weighted by Crippen LogP contribution is -2.39. The zero-order valence-corrected chi connectivity index (χ0v) is 18.7. The number of sulfone groups is 1. The fourth-order valence-corrected chi connectivity index (χ4v) is 4.44. The highest BCUT2D eigenvalue weighted by Crippen LogP contribution is 2.51. The van der Waals surface area contributed by atoms with Crippen LogP contribution in [-0.4, -0.2) is 45.8 Å². The van der Waals surface area contributed by atoms with E-state index in [1.165, 1.54) is 24.3 Å². The van der Waals surface area contributed by atoms with Crippen LogP contribution in [0.5, 0.6) is 0 Å². The van der Waals surface area contributed by atoms with Crippen LogP contribution in [0.3, 0.4) is 0 Å². The van der Waals surface area contributed by atoms with Crippen molar-refractivity contribution in [1.82, 2.24) is 4.98 Å². The third kappa shape index (κ3) is 4.63. The lowest BCUT2D eigenvalue weighted by Gasteiger charge is -2.23. The number of rotatable bonds is 5. The number of benzene rings is 1. The molecule has 0 saturated heterocycles. The van der Waals surface area contributed by atoms with E-state index in [0.717, 1.165) is 32.6 Å². The average Bonchev–Trinajstić information content (AvgIpc) is 3.19. The first-order chi connectivity index (χ1) is 15.3. The highest BCUT2D eigenvalue weighted by Gasteiger charge is 2.54. The lowest BCUT2D eigenvalue weighted by atomic mass is 9.83. The largest absolute Gasteiger partial charge is 0.468 e. The summed E-state index contributed by atoms with van der Waals surface area (Å²) < 4.78 is 72.2. The van der Waals surface area contributed by atoms with E-state index in [2.05, 4.69) is 4.98 Å². The Labute approximate surface area is 188 Å². The van der Waals surface area contributed by atoms with Crippen LogP contribution in [0.15, 0.2) is 47.5 Å². The summed E-state index contributed by atoms with van der Waals surface area (Å²) in [5.74, 6) is -1.72. The molecule has 0 aliphatic heterocycles. The van der Waals surface area contributed by atoms with E-state index >= 15 is 0 Å². The molecule has 176 valence electrons. The molecule has 0 unspecified atom stereocenters.